The van der Waals surface area contributed by atoms with Gasteiger partial charge in [-0.15, -0.1) is 0 Å². The van der Waals surface area contributed by atoms with Crippen LogP contribution in [-0.4, -0.2) is 52.7 Å². The smallest absolute Gasteiger partial charge is 0.238 e. The van der Waals surface area contributed by atoms with Gasteiger partial charge >= 0.3 is 0 Å². The lowest BCUT2D eigenvalue weighted by atomic mass is 10.4. The van der Waals surface area contributed by atoms with Crippen molar-refractivity contribution in [2.45, 2.75) is 18.9 Å². The van der Waals surface area contributed by atoms with E-state index >= 15 is 0 Å². The van der Waals surface area contributed by atoms with Crippen molar-refractivity contribution < 1.29 is 4.79 Å². The maximum Gasteiger partial charge on any atom is 0.238 e. The quantitative estimate of drug-likeness (QED) is 0.803. The first-order valence-corrected chi connectivity index (χ1v) is 7.21. The molecule has 0 unspecified atom stereocenters. The molecule has 1 amide bonds. The number of hydrogen-bond donors (Lipinski definition) is 0. The maximum atomic E-state index is 12.0. The highest BCUT2D eigenvalue weighted by Gasteiger charge is 2.26. The number of carbonyl (C=O) groups is 1. The van der Waals surface area contributed by atoms with E-state index in [1.54, 1.807) is 17.3 Å². The molecular formula is C12H18N4OS. The van der Waals surface area contributed by atoms with Gasteiger partial charge in [0, 0.05) is 25.5 Å². The molecule has 2 heterocycles. The summed E-state index contributed by atoms with van der Waals surface area (Å²) in [5, 5.41) is 0.858. The van der Waals surface area contributed by atoms with Gasteiger partial charge in [-0.2, -0.15) is 0 Å². The van der Waals surface area contributed by atoms with Crippen LogP contribution < -0.4 is 4.90 Å². The largest absolute Gasteiger partial charge is 0.302 e. The van der Waals surface area contributed by atoms with Crippen LogP contribution in [-0.2, 0) is 4.79 Å². The summed E-state index contributed by atoms with van der Waals surface area (Å²) in [6, 6.07) is 0. The summed E-state index contributed by atoms with van der Waals surface area (Å²) in [6.45, 7) is 7.82. The Morgan fingerprint density at radius 1 is 1.33 bits per heavy atom. The van der Waals surface area contributed by atoms with E-state index in [0.717, 1.165) is 24.7 Å². The molecule has 6 heteroatoms. The first-order chi connectivity index (χ1) is 8.76. The van der Waals surface area contributed by atoms with Crippen LogP contribution in [0.5, 0.6) is 0 Å². The SMILES string of the molecule is CCN(CC)CCN1C(=O)CSc2nccnc21. The summed E-state index contributed by atoms with van der Waals surface area (Å²) in [5.41, 5.74) is 0. The van der Waals surface area contributed by atoms with Crippen LogP contribution in [0.4, 0.5) is 5.82 Å². The zero-order chi connectivity index (χ0) is 13.0. The van der Waals surface area contributed by atoms with Gasteiger partial charge in [0.25, 0.3) is 0 Å². The van der Waals surface area contributed by atoms with E-state index < -0.39 is 0 Å². The predicted octanol–water partition coefficient (Wildman–Crippen LogP) is 1.26. The lowest BCUT2D eigenvalue weighted by Crippen LogP contribution is -2.42. The molecule has 0 N–H and O–H groups in total. The Balaban J connectivity index is 2.09. The van der Waals surface area contributed by atoms with Gasteiger partial charge in [0.15, 0.2) is 5.82 Å². The highest BCUT2D eigenvalue weighted by Crippen LogP contribution is 2.30. The molecule has 0 saturated heterocycles. The second-order valence-corrected chi connectivity index (χ2v) is 5.01. The maximum absolute atomic E-state index is 12.0. The minimum atomic E-state index is 0.125. The minimum absolute atomic E-state index is 0.125. The van der Waals surface area contributed by atoms with Crippen molar-refractivity contribution in [3.63, 3.8) is 0 Å². The average Bonchev–Trinajstić information content (AvgIpc) is 2.42. The number of thioether (sulfide) groups is 1. The van der Waals surface area contributed by atoms with Crippen molar-refractivity contribution >= 4 is 23.5 Å². The summed E-state index contributed by atoms with van der Waals surface area (Å²) < 4.78 is 0. The number of rotatable bonds is 5. The molecule has 2 rings (SSSR count). The van der Waals surface area contributed by atoms with E-state index in [0.29, 0.717) is 18.1 Å². The van der Waals surface area contributed by atoms with Crippen molar-refractivity contribution in [1.29, 1.82) is 0 Å². The summed E-state index contributed by atoms with van der Waals surface area (Å²) in [5.74, 6) is 1.30. The lowest BCUT2D eigenvalue weighted by molar-refractivity contribution is -0.116. The number of likely N-dealkylation sites (N-methyl/N-ethyl adjacent to an activating group) is 1. The Kier molecular flexibility index (Phi) is 4.54. The fraction of sp³-hybridized carbons (Fsp3) is 0.583. The molecule has 1 aliphatic rings. The van der Waals surface area contributed by atoms with Crippen LogP contribution >= 0.6 is 11.8 Å². The molecule has 0 spiro atoms. The zero-order valence-electron chi connectivity index (χ0n) is 10.8. The second-order valence-electron chi connectivity index (χ2n) is 4.05. The summed E-state index contributed by atoms with van der Waals surface area (Å²) in [7, 11) is 0. The van der Waals surface area contributed by atoms with Gasteiger partial charge in [-0.25, -0.2) is 9.97 Å². The molecule has 5 nitrogen and oxygen atoms in total. The van der Waals surface area contributed by atoms with E-state index in [2.05, 4.69) is 28.7 Å². The second kappa shape index (κ2) is 6.15. The number of carbonyl (C=O) groups excluding carboxylic acids is 1. The van der Waals surface area contributed by atoms with Gasteiger partial charge in [-0.3, -0.25) is 9.69 Å². The minimum Gasteiger partial charge on any atom is -0.302 e. The third-order valence-corrected chi connectivity index (χ3v) is 4.02. The van der Waals surface area contributed by atoms with Crippen molar-refractivity contribution in [3.05, 3.63) is 12.4 Å². The van der Waals surface area contributed by atoms with Crippen LogP contribution in [0.2, 0.25) is 0 Å². The molecule has 0 aliphatic carbocycles. The third kappa shape index (κ3) is 2.81. The molecule has 1 aromatic rings. The monoisotopic (exact) mass is 266 g/mol. The molecule has 0 atom stereocenters. The van der Waals surface area contributed by atoms with Gasteiger partial charge < -0.3 is 4.90 Å². The summed E-state index contributed by atoms with van der Waals surface area (Å²) >= 11 is 1.47. The van der Waals surface area contributed by atoms with Crippen molar-refractivity contribution in [2.75, 3.05) is 36.8 Å². The Labute approximate surface area is 112 Å². The highest BCUT2D eigenvalue weighted by atomic mass is 32.2. The number of hydrogen-bond acceptors (Lipinski definition) is 5. The Morgan fingerprint density at radius 2 is 2.06 bits per heavy atom. The first-order valence-electron chi connectivity index (χ1n) is 6.22. The third-order valence-electron chi connectivity index (χ3n) is 3.07. The molecule has 18 heavy (non-hydrogen) atoms. The first kappa shape index (κ1) is 13.3. The fourth-order valence-corrected chi connectivity index (χ4v) is 2.79. The van der Waals surface area contributed by atoms with E-state index in [-0.39, 0.29) is 5.91 Å². The van der Waals surface area contributed by atoms with Crippen LogP contribution in [0.3, 0.4) is 0 Å². The molecule has 0 aromatic carbocycles. The number of anilines is 1. The van der Waals surface area contributed by atoms with Gasteiger partial charge in [-0.05, 0) is 13.1 Å². The van der Waals surface area contributed by atoms with E-state index in [9.17, 15) is 4.79 Å². The van der Waals surface area contributed by atoms with Crippen molar-refractivity contribution in [2.24, 2.45) is 0 Å². The van der Waals surface area contributed by atoms with Crippen LogP contribution in [0.1, 0.15) is 13.8 Å². The molecule has 0 saturated carbocycles. The normalized spacial score (nSPS) is 15.1. The van der Waals surface area contributed by atoms with Gasteiger partial charge in [0.1, 0.15) is 5.03 Å². The number of amides is 1. The summed E-state index contributed by atoms with van der Waals surface area (Å²) in [6.07, 6.45) is 3.31. The molecule has 0 radical (unpaired) electrons. The van der Waals surface area contributed by atoms with Crippen molar-refractivity contribution in [1.82, 2.24) is 14.9 Å². The Bertz CT molecular complexity index is 422. The van der Waals surface area contributed by atoms with Crippen LogP contribution in [0.15, 0.2) is 17.4 Å². The number of aromatic nitrogens is 2. The fourth-order valence-electron chi connectivity index (χ4n) is 1.94. The average molecular weight is 266 g/mol. The Hall–Kier alpha value is -1.14. The lowest BCUT2D eigenvalue weighted by Gasteiger charge is -2.29. The van der Waals surface area contributed by atoms with E-state index in [1.807, 2.05) is 0 Å². The Morgan fingerprint density at radius 3 is 2.78 bits per heavy atom. The number of nitrogens with zero attached hydrogens (tertiary/aromatic N) is 4. The van der Waals surface area contributed by atoms with Gasteiger partial charge in [0.2, 0.25) is 5.91 Å². The van der Waals surface area contributed by atoms with E-state index in [1.165, 1.54) is 11.8 Å². The van der Waals surface area contributed by atoms with Crippen molar-refractivity contribution in [3.8, 4) is 0 Å². The van der Waals surface area contributed by atoms with Crippen LogP contribution in [0, 0.1) is 0 Å². The number of fused-ring (bicyclic) bond motifs is 1. The molecule has 0 bridgehead atoms. The predicted molar refractivity (Wildman–Crippen MR) is 72.9 cm³/mol. The molecule has 0 fully saturated rings. The van der Waals surface area contributed by atoms with E-state index in [4.69, 9.17) is 0 Å². The van der Waals surface area contributed by atoms with Crippen LogP contribution in [0.25, 0.3) is 0 Å². The molecule has 1 aromatic heterocycles. The molecule has 1 aliphatic heterocycles. The topological polar surface area (TPSA) is 49.3 Å². The standard InChI is InChI=1S/C12H18N4OS/c1-3-15(4-2)7-8-16-10(17)9-18-12-11(16)13-5-6-14-12/h5-6H,3-4,7-9H2,1-2H3. The molecule has 98 valence electrons. The van der Waals surface area contributed by atoms with Gasteiger partial charge in [-0.1, -0.05) is 25.6 Å². The zero-order valence-corrected chi connectivity index (χ0v) is 11.6. The van der Waals surface area contributed by atoms with Gasteiger partial charge in [0.05, 0.1) is 5.75 Å². The summed E-state index contributed by atoms with van der Waals surface area (Å²) in [4.78, 5) is 24.6. The highest BCUT2D eigenvalue weighted by molar-refractivity contribution is 8.00. The molecular weight excluding hydrogens is 248 g/mol.